The number of fused-ring (bicyclic) bond motifs is 5. The second kappa shape index (κ2) is 5.13. The van der Waals surface area contributed by atoms with Crippen molar-refractivity contribution < 1.29 is 0 Å². The van der Waals surface area contributed by atoms with Crippen LogP contribution in [0.2, 0.25) is 0 Å². The molecule has 0 aromatic carbocycles. The lowest BCUT2D eigenvalue weighted by Crippen LogP contribution is -2.27. The van der Waals surface area contributed by atoms with Crippen LogP contribution >= 0.6 is 0 Å². The molecule has 2 heteroatoms. The van der Waals surface area contributed by atoms with Crippen LogP contribution in [-0.4, -0.2) is 19.1 Å². The largest absolute Gasteiger partial charge is 0.330 e. The topological polar surface area (TPSA) is 38.0 Å². The molecule has 3 N–H and O–H groups in total. The minimum absolute atomic E-state index is 0.729. The van der Waals surface area contributed by atoms with Gasteiger partial charge in [0.2, 0.25) is 0 Å². The van der Waals surface area contributed by atoms with Gasteiger partial charge < -0.3 is 11.1 Å². The zero-order valence-corrected chi connectivity index (χ0v) is 12.1. The molecule has 3 rings (SSSR count). The molecule has 18 heavy (non-hydrogen) atoms. The Bertz CT molecular complexity index is 273. The first-order valence-electron chi connectivity index (χ1n) is 8.14. The van der Waals surface area contributed by atoms with Gasteiger partial charge in [-0.1, -0.05) is 13.8 Å². The lowest BCUT2D eigenvalue weighted by atomic mass is 9.94. The quantitative estimate of drug-likeness (QED) is 0.729. The van der Waals surface area contributed by atoms with Crippen LogP contribution in [0.15, 0.2) is 0 Å². The van der Waals surface area contributed by atoms with Crippen molar-refractivity contribution in [3.8, 4) is 0 Å². The minimum Gasteiger partial charge on any atom is -0.330 e. The molecular weight excluding hydrogens is 220 g/mol. The average molecular weight is 250 g/mol. The van der Waals surface area contributed by atoms with Gasteiger partial charge in [0, 0.05) is 6.04 Å². The van der Waals surface area contributed by atoms with E-state index < -0.39 is 0 Å². The number of nitrogens with two attached hydrogens (primary N) is 1. The maximum absolute atomic E-state index is 5.87. The van der Waals surface area contributed by atoms with E-state index in [0.717, 1.165) is 48.1 Å². The van der Waals surface area contributed by atoms with Crippen LogP contribution in [0.1, 0.15) is 46.0 Å². The van der Waals surface area contributed by atoms with Crippen LogP contribution in [0.4, 0.5) is 0 Å². The molecule has 5 unspecified atom stereocenters. The van der Waals surface area contributed by atoms with Gasteiger partial charge in [0.15, 0.2) is 0 Å². The first kappa shape index (κ1) is 12.9. The van der Waals surface area contributed by atoms with Gasteiger partial charge in [0.25, 0.3) is 0 Å². The summed E-state index contributed by atoms with van der Waals surface area (Å²) in [5.41, 5.74) is 5.87. The summed E-state index contributed by atoms with van der Waals surface area (Å²) in [4.78, 5) is 0. The highest BCUT2D eigenvalue weighted by Crippen LogP contribution is 2.65. The number of hydrogen-bond donors (Lipinski definition) is 2. The fourth-order valence-electron chi connectivity index (χ4n) is 5.05. The molecule has 2 nitrogen and oxygen atoms in total. The molecule has 0 spiro atoms. The molecule has 3 aliphatic rings. The normalized spacial score (nSPS) is 42.3. The Morgan fingerprint density at radius 1 is 1.17 bits per heavy atom. The van der Waals surface area contributed by atoms with E-state index >= 15 is 0 Å². The zero-order valence-electron chi connectivity index (χ0n) is 12.1. The standard InChI is InChI=1S/C16H30N2/c1-10(2)7-11(9-17)5-6-18-16-14-12-3-4-13(8-12)15(14)16/h10-16,18H,3-9,17H2,1-2H3. The first-order valence-corrected chi connectivity index (χ1v) is 8.14. The Kier molecular flexibility index (Phi) is 3.68. The Morgan fingerprint density at radius 3 is 2.39 bits per heavy atom. The molecule has 0 saturated heterocycles. The second-order valence-corrected chi connectivity index (χ2v) is 7.49. The summed E-state index contributed by atoms with van der Waals surface area (Å²) in [7, 11) is 0. The average Bonchev–Trinajstić information content (AvgIpc) is 2.74. The highest BCUT2D eigenvalue weighted by molar-refractivity contribution is 5.16. The Labute approximate surface area is 112 Å². The maximum Gasteiger partial charge on any atom is 0.0135 e. The summed E-state index contributed by atoms with van der Waals surface area (Å²) in [5, 5.41) is 3.84. The highest BCUT2D eigenvalue weighted by Gasteiger charge is 2.64. The van der Waals surface area contributed by atoms with Crippen molar-refractivity contribution >= 4 is 0 Å². The zero-order chi connectivity index (χ0) is 12.7. The van der Waals surface area contributed by atoms with Crippen LogP contribution in [0.5, 0.6) is 0 Å². The number of hydrogen-bond acceptors (Lipinski definition) is 2. The molecule has 3 aliphatic carbocycles. The molecule has 0 amide bonds. The fraction of sp³-hybridized carbons (Fsp3) is 1.00. The summed E-state index contributed by atoms with van der Waals surface area (Å²) in [6.45, 7) is 6.67. The predicted octanol–water partition coefficient (Wildman–Crippen LogP) is 2.63. The first-order chi connectivity index (χ1) is 8.70. The van der Waals surface area contributed by atoms with E-state index in [-0.39, 0.29) is 0 Å². The van der Waals surface area contributed by atoms with Crippen molar-refractivity contribution in [3.05, 3.63) is 0 Å². The van der Waals surface area contributed by atoms with Gasteiger partial charge in [-0.2, -0.15) is 0 Å². The SMILES string of the molecule is CC(C)CC(CN)CCNC1C2C3CCC(C3)C12. The van der Waals surface area contributed by atoms with Crippen LogP contribution in [0, 0.1) is 35.5 Å². The van der Waals surface area contributed by atoms with E-state index in [1.165, 1.54) is 32.2 Å². The van der Waals surface area contributed by atoms with Crippen LogP contribution in [-0.2, 0) is 0 Å². The van der Waals surface area contributed by atoms with E-state index in [9.17, 15) is 0 Å². The number of nitrogens with one attached hydrogen (secondary N) is 1. The third-order valence-electron chi connectivity index (χ3n) is 5.81. The fourth-order valence-corrected chi connectivity index (χ4v) is 5.05. The Balaban J connectivity index is 1.36. The van der Waals surface area contributed by atoms with Gasteiger partial charge in [-0.25, -0.2) is 0 Å². The number of rotatable bonds is 7. The molecule has 0 radical (unpaired) electrons. The van der Waals surface area contributed by atoms with E-state index in [4.69, 9.17) is 5.73 Å². The lowest BCUT2D eigenvalue weighted by molar-refractivity contribution is 0.374. The van der Waals surface area contributed by atoms with E-state index in [2.05, 4.69) is 19.2 Å². The van der Waals surface area contributed by atoms with E-state index in [1.54, 1.807) is 6.42 Å². The van der Waals surface area contributed by atoms with Crippen LogP contribution < -0.4 is 11.1 Å². The van der Waals surface area contributed by atoms with Crippen molar-refractivity contribution in [2.75, 3.05) is 13.1 Å². The minimum atomic E-state index is 0.729. The third kappa shape index (κ3) is 2.34. The van der Waals surface area contributed by atoms with Gasteiger partial charge in [-0.05, 0) is 80.7 Å². The van der Waals surface area contributed by atoms with Crippen molar-refractivity contribution in [2.45, 2.75) is 52.0 Å². The molecule has 0 aromatic heterocycles. The summed E-state index contributed by atoms with van der Waals surface area (Å²) >= 11 is 0. The molecule has 2 bridgehead atoms. The van der Waals surface area contributed by atoms with Crippen molar-refractivity contribution in [2.24, 2.45) is 41.2 Å². The van der Waals surface area contributed by atoms with Gasteiger partial charge in [0.1, 0.15) is 0 Å². The summed E-state index contributed by atoms with van der Waals surface area (Å²) in [6, 6.07) is 0.897. The molecule has 0 aromatic rings. The Morgan fingerprint density at radius 2 is 1.83 bits per heavy atom. The second-order valence-electron chi connectivity index (χ2n) is 7.49. The van der Waals surface area contributed by atoms with E-state index in [0.29, 0.717) is 0 Å². The monoisotopic (exact) mass is 250 g/mol. The molecule has 0 aliphatic heterocycles. The summed E-state index contributed by atoms with van der Waals surface area (Å²) in [5.74, 6) is 5.86. The lowest BCUT2D eigenvalue weighted by Gasteiger charge is -2.18. The van der Waals surface area contributed by atoms with Crippen LogP contribution in [0.3, 0.4) is 0 Å². The molecule has 3 fully saturated rings. The van der Waals surface area contributed by atoms with Crippen molar-refractivity contribution in [3.63, 3.8) is 0 Å². The van der Waals surface area contributed by atoms with Gasteiger partial charge in [0.05, 0.1) is 0 Å². The molecular formula is C16H30N2. The van der Waals surface area contributed by atoms with E-state index in [1.807, 2.05) is 0 Å². The van der Waals surface area contributed by atoms with Crippen molar-refractivity contribution in [1.82, 2.24) is 5.32 Å². The van der Waals surface area contributed by atoms with Crippen molar-refractivity contribution in [1.29, 1.82) is 0 Å². The van der Waals surface area contributed by atoms with Crippen LogP contribution in [0.25, 0.3) is 0 Å². The van der Waals surface area contributed by atoms with Gasteiger partial charge >= 0.3 is 0 Å². The molecule has 0 heterocycles. The van der Waals surface area contributed by atoms with Gasteiger partial charge in [-0.15, -0.1) is 0 Å². The summed E-state index contributed by atoms with van der Waals surface area (Å²) < 4.78 is 0. The molecule has 5 atom stereocenters. The van der Waals surface area contributed by atoms with Gasteiger partial charge in [-0.3, -0.25) is 0 Å². The molecule has 3 saturated carbocycles. The Hall–Kier alpha value is -0.0800. The predicted molar refractivity (Wildman–Crippen MR) is 76.2 cm³/mol. The third-order valence-corrected chi connectivity index (χ3v) is 5.81. The maximum atomic E-state index is 5.87. The summed E-state index contributed by atoms with van der Waals surface area (Å²) in [6.07, 6.45) is 7.19. The highest BCUT2D eigenvalue weighted by atomic mass is 15.0. The molecule has 104 valence electrons. The smallest absolute Gasteiger partial charge is 0.0135 e.